The molecule has 4 aromatic rings. The van der Waals surface area contributed by atoms with Crippen LogP contribution in [0.25, 0.3) is 22.5 Å². The van der Waals surface area contributed by atoms with Gasteiger partial charge in [-0.1, -0.05) is 17.7 Å². The molecule has 0 saturated carbocycles. The lowest BCUT2D eigenvalue weighted by Gasteiger charge is -2.17. The van der Waals surface area contributed by atoms with Crippen molar-refractivity contribution in [3.63, 3.8) is 0 Å². The van der Waals surface area contributed by atoms with Crippen LogP contribution in [0.15, 0.2) is 55.1 Å². The van der Waals surface area contributed by atoms with E-state index in [4.69, 9.17) is 11.6 Å². The number of anilines is 1. The lowest BCUT2D eigenvalue weighted by Crippen LogP contribution is -2.24. The van der Waals surface area contributed by atoms with Crippen molar-refractivity contribution < 1.29 is 18.0 Å². The van der Waals surface area contributed by atoms with Gasteiger partial charge < -0.3 is 4.57 Å². The maximum atomic E-state index is 13.5. The summed E-state index contributed by atoms with van der Waals surface area (Å²) in [7, 11) is 1.79. The van der Waals surface area contributed by atoms with Gasteiger partial charge in [0.15, 0.2) is 5.82 Å². The molecule has 1 amide bonds. The van der Waals surface area contributed by atoms with Crippen molar-refractivity contribution in [2.24, 2.45) is 7.05 Å². The molecule has 4 heterocycles. The van der Waals surface area contributed by atoms with Crippen molar-refractivity contribution in [1.82, 2.24) is 24.7 Å². The summed E-state index contributed by atoms with van der Waals surface area (Å²) in [5.41, 5.74) is 1.02. The predicted molar refractivity (Wildman–Crippen MR) is 114 cm³/mol. The Morgan fingerprint density at radius 1 is 1.09 bits per heavy atom. The summed E-state index contributed by atoms with van der Waals surface area (Å²) in [4.78, 5) is 22.6. The van der Waals surface area contributed by atoms with E-state index in [1.54, 1.807) is 48.5 Å². The number of carbonyl (C=O) groups excluding carboxylic acids is 1. The largest absolute Gasteiger partial charge is 0.416 e. The number of amides is 1. The highest BCUT2D eigenvalue weighted by molar-refractivity contribution is 6.30. The lowest BCUT2D eigenvalue weighted by molar-refractivity contribution is -0.138. The molecule has 3 aromatic heterocycles. The third-order valence-electron chi connectivity index (χ3n) is 5.41. The first-order chi connectivity index (χ1) is 15.7. The number of halogens is 4. The van der Waals surface area contributed by atoms with Crippen molar-refractivity contribution in [2.75, 3.05) is 4.90 Å². The summed E-state index contributed by atoms with van der Waals surface area (Å²) in [5, 5.41) is 8.11. The Labute approximate surface area is 190 Å². The van der Waals surface area contributed by atoms with Crippen LogP contribution in [0.3, 0.4) is 0 Å². The van der Waals surface area contributed by atoms with Crippen molar-refractivity contribution >= 4 is 23.3 Å². The number of aromatic nitrogens is 5. The topological polar surface area (TPSA) is 76.8 Å². The molecule has 166 valence electrons. The predicted octanol–water partition coefficient (Wildman–Crippen LogP) is 4.77. The molecule has 1 aliphatic heterocycles. The Morgan fingerprint density at radius 3 is 2.64 bits per heavy atom. The van der Waals surface area contributed by atoms with Gasteiger partial charge in [0.05, 0.1) is 12.1 Å². The van der Waals surface area contributed by atoms with Crippen LogP contribution in [0.4, 0.5) is 19.0 Å². The van der Waals surface area contributed by atoms with Gasteiger partial charge in [-0.25, -0.2) is 4.98 Å². The monoisotopic (exact) mass is 470 g/mol. The quantitative estimate of drug-likeness (QED) is 0.403. The number of aryl methyl sites for hydroxylation is 1. The molecule has 33 heavy (non-hydrogen) atoms. The van der Waals surface area contributed by atoms with Crippen molar-refractivity contribution in [3.8, 4) is 22.5 Å². The number of carbonyl (C=O) groups is 1. The molecule has 0 spiro atoms. The first-order valence-electron chi connectivity index (χ1n) is 9.71. The van der Waals surface area contributed by atoms with E-state index < -0.39 is 17.6 Å². The van der Waals surface area contributed by atoms with E-state index in [1.807, 2.05) is 0 Å². The van der Waals surface area contributed by atoms with E-state index in [1.165, 1.54) is 17.0 Å². The number of benzene rings is 1. The summed E-state index contributed by atoms with van der Waals surface area (Å²) < 4.78 is 42.2. The normalized spacial score (nSPS) is 13.5. The molecule has 0 unspecified atom stereocenters. The molecule has 0 N–H and O–H groups in total. The molecule has 0 bridgehead atoms. The van der Waals surface area contributed by atoms with Crippen LogP contribution in [0.2, 0.25) is 5.15 Å². The van der Waals surface area contributed by atoms with Gasteiger partial charge in [-0.3, -0.25) is 14.7 Å². The smallest absolute Gasteiger partial charge is 0.317 e. The number of hydrogen-bond donors (Lipinski definition) is 0. The third kappa shape index (κ3) is 3.62. The minimum absolute atomic E-state index is 0.00528. The Morgan fingerprint density at radius 2 is 1.91 bits per heavy atom. The Balaban J connectivity index is 1.60. The first-order valence-corrected chi connectivity index (χ1v) is 10.1. The van der Waals surface area contributed by atoms with Crippen molar-refractivity contribution in [3.05, 3.63) is 77.0 Å². The Hall–Kier alpha value is -3.79. The van der Waals surface area contributed by atoms with Gasteiger partial charge in [0, 0.05) is 36.1 Å². The third-order valence-corrected chi connectivity index (χ3v) is 5.61. The highest BCUT2D eigenvalue weighted by atomic mass is 35.5. The molecule has 0 aliphatic carbocycles. The van der Waals surface area contributed by atoms with Gasteiger partial charge in [-0.15, -0.1) is 10.2 Å². The van der Waals surface area contributed by atoms with E-state index in [-0.39, 0.29) is 28.6 Å². The van der Waals surface area contributed by atoms with Crippen LogP contribution < -0.4 is 4.90 Å². The summed E-state index contributed by atoms with van der Waals surface area (Å²) in [6.07, 6.45) is 0.205. The van der Waals surface area contributed by atoms with Crippen LogP contribution in [-0.2, 0) is 19.8 Å². The number of pyridine rings is 2. The summed E-state index contributed by atoms with van der Waals surface area (Å²) >= 11 is 6.27. The molecular weight excluding hydrogens is 457 g/mol. The fourth-order valence-electron chi connectivity index (χ4n) is 3.91. The number of nitrogens with zero attached hydrogens (tertiary/aromatic N) is 6. The number of fused-ring (bicyclic) bond motifs is 1. The highest BCUT2D eigenvalue weighted by Crippen LogP contribution is 2.39. The van der Waals surface area contributed by atoms with Gasteiger partial charge in [0.1, 0.15) is 17.3 Å². The zero-order valence-electron chi connectivity index (χ0n) is 17.0. The fourth-order valence-corrected chi connectivity index (χ4v) is 4.11. The van der Waals surface area contributed by atoms with E-state index >= 15 is 0 Å². The van der Waals surface area contributed by atoms with Gasteiger partial charge >= 0.3 is 6.18 Å². The second-order valence-corrected chi connectivity index (χ2v) is 7.83. The van der Waals surface area contributed by atoms with Crippen LogP contribution in [-0.4, -0.2) is 30.6 Å². The van der Waals surface area contributed by atoms with E-state index in [9.17, 15) is 18.0 Å². The molecular formula is C22H14ClF3N6O. The van der Waals surface area contributed by atoms with Crippen LogP contribution in [0, 0.1) is 0 Å². The number of hydrogen-bond acceptors (Lipinski definition) is 5. The minimum Gasteiger partial charge on any atom is -0.317 e. The first kappa shape index (κ1) is 21.1. The zero-order chi connectivity index (χ0) is 23.3. The fraction of sp³-hybridized carbons (Fsp3) is 0.136. The maximum absolute atomic E-state index is 13.5. The molecule has 5 rings (SSSR count). The van der Waals surface area contributed by atoms with Crippen molar-refractivity contribution in [1.29, 1.82) is 0 Å². The second-order valence-electron chi connectivity index (χ2n) is 7.44. The zero-order valence-corrected chi connectivity index (χ0v) is 17.8. The number of rotatable bonds is 3. The molecule has 0 radical (unpaired) electrons. The van der Waals surface area contributed by atoms with Crippen molar-refractivity contribution in [2.45, 2.75) is 12.7 Å². The average molecular weight is 471 g/mol. The SMILES string of the molecule is Cn1cnnc1-c1ccncc1-c1cc(Cl)nc(N2Cc3c(cccc3C(F)(F)F)C2=O)c1. The molecule has 1 aromatic carbocycles. The maximum Gasteiger partial charge on any atom is 0.416 e. The molecule has 0 atom stereocenters. The minimum atomic E-state index is -4.57. The van der Waals surface area contributed by atoms with Gasteiger partial charge in [-0.2, -0.15) is 13.2 Å². The summed E-state index contributed by atoms with van der Waals surface area (Å²) in [6, 6.07) is 8.53. The van der Waals surface area contributed by atoms with E-state index in [2.05, 4.69) is 20.2 Å². The average Bonchev–Trinajstić information content (AvgIpc) is 3.35. The Kier molecular flexibility index (Phi) is 4.89. The molecule has 0 saturated heterocycles. The standard InChI is InChI=1S/C22H14ClF3N6O/c1-31-11-28-30-20(31)13-5-6-27-9-15(13)12-7-18(23)29-19(8-12)32-10-16-14(21(32)33)3-2-4-17(16)22(24,25)26/h2-9,11H,10H2,1H3. The van der Waals surface area contributed by atoms with E-state index in [0.717, 1.165) is 6.07 Å². The molecule has 1 aliphatic rings. The summed E-state index contributed by atoms with van der Waals surface area (Å²) in [6.45, 7) is -0.264. The van der Waals surface area contributed by atoms with Gasteiger partial charge in [0.25, 0.3) is 5.91 Å². The highest BCUT2D eigenvalue weighted by Gasteiger charge is 2.40. The molecule has 0 fully saturated rings. The second kappa shape index (κ2) is 7.66. The summed E-state index contributed by atoms with van der Waals surface area (Å²) in [5.74, 6) is 0.150. The molecule has 7 nitrogen and oxygen atoms in total. The van der Waals surface area contributed by atoms with Crippen LogP contribution in [0.5, 0.6) is 0 Å². The van der Waals surface area contributed by atoms with Crippen LogP contribution in [0.1, 0.15) is 21.5 Å². The lowest BCUT2D eigenvalue weighted by atomic mass is 10.0. The van der Waals surface area contributed by atoms with E-state index in [0.29, 0.717) is 22.5 Å². The molecule has 11 heteroatoms. The van der Waals surface area contributed by atoms with Crippen LogP contribution >= 0.6 is 11.6 Å². The van der Waals surface area contributed by atoms with Gasteiger partial charge in [0.2, 0.25) is 0 Å². The Bertz CT molecular complexity index is 1400. The van der Waals surface area contributed by atoms with Gasteiger partial charge in [-0.05, 0) is 41.5 Å². The number of alkyl halides is 3.